The summed E-state index contributed by atoms with van der Waals surface area (Å²) in [7, 11) is 1.39. The highest BCUT2D eigenvalue weighted by molar-refractivity contribution is 7.98. The average molecular weight is 426 g/mol. The number of esters is 1. The average Bonchev–Trinajstić information content (AvgIpc) is 2.64. The number of rotatable bonds is 3. The lowest BCUT2D eigenvalue weighted by atomic mass is 10.0. The second-order valence-electron chi connectivity index (χ2n) is 6.34. The molecule has 1 aliphatic rings. The van der Waals surface area contributed by atoms with Gasteiger partial charge in [-0.05, 0) is 6.92 Å². The lowest BCUT2D eigenvalue weighted by Crippen LogP contribution is -2.54. The van der Waals surface area contributed by atoms with Crippen LogP contribution in [-0.2, 0) is 24.9 Å². The smallest absolute Gasteiger partial charge is 0.339 e. The zero-order valence-corrected chi connectivity index (χ0v) is 16.9. The molecule has 0 spiro atoms. The molecule has 1 aromatic carbocycles. The molecule has 0 fully saturated rings. The number of cyclic esters (lactones) is 1. The molecule has 0 radical (unpaired) electrons. The Morgan fingerprint density at radius 2 is 2.07 bits per heavy atom. The molecule has 2 atom stereocenters. The number of thioether (sulfide) groups is 1. The summed E-state index contributed by atoms with van der Waals surface area (Å²) in [4.78, 5) is 48.0. The summed E-state index contributed by atoms with van der Waals surface area (Å²) in [5.41, 5.74) is 0.771. The number of carbonyl (C=O) groups excluding carboxylic acids is 3. The van der Waals surface area contributed by atoms with Crippen LogP contribution in [0.1, 0.15) is 28.4 Å². The van der Waals surface area contributed by atoms with E-state index in [9.17, 15) is 29.4 Å². The van der Waals surface area contributed by atoms with E-state index in [-0.39, 0.29) is 34.1 Å². The summed E-state index contributed by atoms with van der Waals surface area (Å²) in [6.45, 7) is 2.28. The van der Waals surface area contributed by atoms with Crippen LogP contribution in [0.3, 0.4) is 0 Å². The normalized spacial score (nSPS) is 20.2. The van der Waals surface area contributed by atoms with Gasteiger partial charge in [0, 0.05) is 35.6 Å². The van der Waals surface area contributed by atoms with Gasteiger partial charge in [-0.1, -0.05) is 0 Å². The Balaban J connectivity index is 2.48. The minimum atomic E-state index is -1.27. The molecule has 0 aliphatic carbocycles. The Bertz CT molecular complexity index is 842. The molecule has 2 rings (SSSR count). The SMILES string of the molecule is COc1cc(O)c2c(c1C)C(=O)OC[C@H](NC(C)=O)C(=O)N[C@H](C(=O)O)CSC2. The minimum Gasteiger partial charge on any atom is -0.507 e. The van der Waals surface area contributed by atoms with Crippen molar-refractivity contribution in [2.75, 3.05) is 19.5 Å². The van der Waals surface area contributed by atoms with Crippen LogP contribution in [0, 0.1) is 6.92 Å². The van der Waals surface area contributed by atoms with Crippen molar-refractivity contribution in [1.29, 1.82) is 0 Å². The summed E-state index contributed by atoms with van der Waals surface area (Å²) in [6, 6.07) is -1.14. The van der Waals surface area contributed by atoms with Crippen LogP contribution >= 0.6 is 11.8 Å². The first-order chi connectivity index (χ1) is 13.6. The third kappa shape index (κ3) is 5.31. The number of hydrogen-bond donors (Lipinski definition) is 4. The fourth-order valence-electron chi connectivity index (χ4n) is 2.82. The zero-order chi connectivity index (χ0) is 21.7. The monoisotopic (exact) mass is 426 g/mol. The Morgan fingerprint density at radius 1 is 1.38 bits per heavy atom. The summed E-state index contributed by atoms with van der Waals surface area (Å²) in [5.74, 6) is -3.23. The van der Waals surface area contributed by atoms with Crippen LogP contribution in [0.15, 0.2) is 6.07 Å². The van der Waals surface area contributed by atoms with Crippen molar-refractivity contribution in [3.05, 3.63) is 22.8 Å². The van der Waals surface area contributed by atoms with E-state index in [0.29, 0.717) is 5.56 Å². The van der Waals surface area contributed by atoms with Crippen LogP contribution in [0.25, 0.3) is 0 Å². The number of aromatic hydroxyl groups is 1. The van der Waals surface area contributed by atoms with E-state index >= 15 is 0 Å². The van der Waals surface area contributed by atoms with Crippen molar-refractivity contribution in [2.24, 2.45) is 0 Å². The molecular formula is C18H22N2O8S. The molecular weight excluding hydrogens is 404 g/mol. The first-order valence-corrected chi connectivity index (χ1v) is 9.75. The molecule has 0 saturated carbocycles. The van der Waals surface area contributed by atoms with Crippen molar-refractivity contribution in [3.8, 4) is 11.5 Å². The van der Waals surface area contributed by atoms with E-state index in [1.807, 2.05) is 0 Å². The van der Waals surface area contributed by atoms with Crippen molar-refractivity contribution in [3.63, 3.8) is 0 Å². The summed E-state index contributed by atoms with van der Waals surface area (Å²) in [5, 5.41) is 24.4. The Morgan fingerprint density at radius 3 is 2.66 bits per heavy atom. The van der Waals surface area contributed by atoms with Crippen LogP contribution in [-0.4, -0.2) is 65.5 Å². The van der Waals surface area contributed by atoms with Crippen molar-refractivity contribution in [2.45, 2.75) is 31.7 Å². The van der Waals surface area contributed by atoms with E-state index in [1.165, 1.54) is 20.1 Å². The molecule has 158 valence electrons. The molecule has 1 aliphatic heterocycles. The number of amides is 2. The molecule has 11 heteroatoms. The Hall–Kier alpha value is -2.95. The molecule has 1 aromatic rings. The molecule has 0 saturated heterocycles. The Labute approximate surface area is 170 Å². The minimum absolute atomic E-state index is 0.0210. The molecule has 0 unspecified atom stereocenters. The number of ether oxygens (including phenoxy) is 2. The number of methoxy groups -OCH3 is 1. The van der Waals surface area contributed by atoms with Gasteiger partial charge in [-0.3, -0.25) is 9.59 Å². The van der Waals surface area contributed by atoms with E-state index < -0.39 is 42.4 Å². The topological polar surface area (TPSA) is 151 Å². The fourth-order valence-corrected chi connectivity index (χ4v) is 3.89. The van der Waals surface area contributed by atoms with Gasteiger partial charge in [0.15, 0.2) is 0 Å². The number of phenolic OH excluding ortho intramolecular Hbond substituents is 1. The number of aliphatic carboxylic acids is 1. The molecule has 0 aromatic heterocycles. The lowest BCUT2D eigenvalue weighted by molar-refractivity contribution is -0.141. The predicted molar refractivity (Wildman–Crippen MR) is 103 cm³/mol. The van der Waals surface area contributed by atoms with Gasteiger partial charge in [0.2, 0.25) is 11.8 Å². The molecule has 1 heterocycles. The summed E-state index contributed by atoms with van der Waals surface area (Å²) >= 11 is 1.11. The second kappa shape index (κ2) is 9.50. The third-order valence-electron chi connectivity index (χ3n) is 4.27. The maximum atomic E-state index is 12.7. The van der Waals surface area contributed by atoms with E-state index in [2.05, 4.69) is 10.6 Å². The maximum absolute atomic E-state index is 12.7. The number of benzene rings is 1. The van der Waals surface area contributed by atoms with Gasteiger partial charge in [0.1, 0.15) is 30.2 Å². The largest absolute Gasteiger partial charge is 0.507 e. The summed E-state index contributed by atoms with van der Waals surface area (Å²) < 4.78 is 10.4. The number of phenols is 1. The highest BCUT2D eigenvalue weighted by Gasteiger charge is 2.30. The van der Waals surface area contributed by atoms with E-state index in [0.717, 1.165) is 11.8 Å². The molecule has 29 heavy (non-hydrogen) atoms. The molecule has 2 amide bonds. The Kier molecular flexibility index (Phi) is 7.32. The highest BCUT2D eigenvalue weighted by Crippen LogP contribution is 2.35. The van der Waals surface area contributed by atoms with Gasteiger partial charge in [0.05, 0.1) is 12.7 Å². The van der Waals surface area contributed by atoms with Gasteiger partial charge in [-0.15, -0.1) is 0 Å². The first-order valence-electron chi connectivity index (χ1n) is 8.60. The van der Waals surface area contributed by atoms with E-state index in [1.54, 1.807) is 6.92 Å². The van der Waals surface area contributed by atoms with Crippen molar-refractivity contribution in [1.82, 2.24) is 10.6 Å². The summed E-state index contributed by atoms with van der Waals surface area (Å²) in [6.07, 6.45) is 0. The molecule has 4 N–H and O–H groups in total. The third-order valence-corrected chi connectivity index (χ3v) is 5.33. The zero-order valence-electron chi connectivity index (χ0n) is 16.1. The maximum Gasteiger partial charge on any atom is 0.339 e. The van der Waals surface area contributed by atoms with Crippen LogP contribution in [0.4, 0.5) is 0 Å². The van der Waals surface area contributed by atoms with Gasteiger partial charge in [0.25, 0.3) is 0 Å². The van der Waals surface area contributed by atoms with Crippen molar-refractivity contribution >= 4 is 35.5 Å². The van der Waals surface area contributed by atoms with Crippen molar-refractivity contribution < 1.29 is 38.9 Å². The van der Waals surface area contributed by atoms with Gasteiger partial charge < -0.3 is 30.3 Å². The number of nitrogens with one attached hydrogen (secondary N) is 2. The van der Waals surface area contributed by atoms with Crippen LogP contribution < -0.4 is 15.4 Å². The first kappa shape index (κ1) is 22.3. The number of carboxylic acid groups (broad SMARTS) is 1. The number of carboxylic acids is 1. The van der Waals surface area contributed by atoms with Gasteiger partial charge in [-0.2, -0.15) is 11.8 Å². The highest BCUT2D eigenvalue weighted by atomic mass is 32.2. The second-order valence-corrected chi connectivity index (χ2v) is 7.37. The predicted octanol–water partition coefficient (Wildman–Crippen LogP) is 0.187. The van der Waals surface area contributed by atoms with Gasteiger partial charge in [-0.25, -0.2) is 9.59 Å². The fraction of sp³-hybridized carbons (Fsp3) is 0.444. The standard InChI is InChI=1S/C18H22N2O8S/c1-8-14(27-3)4-13(22)10-6-29-7-12(17(24)25)20-16(23)11(19-9(2)21)5-28-18(26)15(8)10/h4,11-12,22H,5-7H2,1-3H3,(H,19,21)(H,20,23)(H,24,25)/t11-,12-/m0/s1. The quantitative estimate of drug-likeness (QED) is 0.496. The van der Waals surface area contributed by atoms with E-state index in [4.69, 9.17) is 9.47 Å². The van der Waals surface area contributed by atoms with Crippen LogP contribution in [0.5, 0.6) is 11.5 Å². The van der Waals surface area contributed by atoms with Crippen LogP contribution in [0.2, 0.25) is 0 Å². The number of carbonyl (C=O) groups is 4. The van der Waals surface area contributed by atoms with Gasteiger partial charge >= 0.3 is 11.9 Å². The molecule has 10 nitrogen and oxygen atoms in total. The lowest BCUT2D eigenvalue weighted by Gasteiger charge is -2.23. The number of fused-ring (bicyclic) bond motifs is 1. The number of hydrogen-bond acceptors (Lipinski definition) is 8. The molecule has 0 bridgehead atoms.